The number of nitrogens with zero attached hydrogens (tertiary/aromatic N) is 3. The Labute approximate surface area is 109 Å². The summed E-state index contributed by atoms with van der Waals surface area (Å²) in [5.41, 5.74) is 0. The van der Waals surface area contributed by atoms with Crippen molar-refractivity contribution in [1.29, 1.82) is 0 Å². The number of rotatable bonds is 6. The maximum Gasteiger partial charge on any atom is 0.242 e. The minimum Gasteiger partial charge on any atom is -0.377 e. The van der Waals surface area contributed by atoms with Crippen molar-refractivity contribution in [2.24, 2.45) is 0 Å². The van der Waals surface area contributed by atoms with E-state index < -0.39 is 10.0 Å². The summed E-state index contributed by atoms with van der Waals surface area (Å²) in [7, 11) is -2.13. The molecular formula is C10H12N4O4S. The highest BCUT2D eigenvalue weighted by molar-refractivity contribution is 7.89. The van der Waals surface area contributed by atoms with Crippen LogP contribution in [0.25, 0.3) is 0 Å². The summed E-state index contributed by atoms with van der Waals surface area (Å²) in [6.07, 6.45) is 2.75. The lowest BCUT2D eigenvalue weighted by Gasteiger charge is -2.03. The zero-order chi connectivity index (χ0) is 13.7. The molecule has 0 radical (unpaired) electrons. The lowest BCUT2D eigenvalue weighted by molar-refractivity contribution is 0.174. The van der Waals surface area contributed by atoms with E-state index in [1.807, 2.05) is 0 Å². The molecule has 0 saturated heterocycles. The van der Waals surface area contributed by atoms with Gasteiger partial charge in [-0.05, 0) is 12.1 Å². The Morgan fingerprint density at radius 1 is 1.47 bits per heavy atom. The van der Waals surface area contributed by atoms with Crippen LogP contribution in [0.1, 0.15) is 11.7 Å². The summed E-state index contributed by atoms with van der Waals surface area (Å²) in [5.74, 6) is 0.526. The number of hydrogen-bond donors (Lipinski definition) is 1. The van der Waals surface area contributed by atoms with Crippen molar-refractivity contribution in [3.8, 4) is 0 Å². The van der Waals surface area contributed by atoms with E-state index in [4.69, 9.17) is 9.26 Å². The van der Waals surface area contributed by atoms with Crippen molar-refractivity contribution in [2.75, 3.05) is 7.11 Å². The average Bonchev–Trinajstić information content (AvgIpc) is 2.86. The highest BCUT2D eigenvalue weighted by atomic mass is 32.2. The fourth-order valence-corrected chi connectivity index (χ4v) is 2.23. The fourth-order valence-electron chi connectivity index (χ4n) is 1.30. The van der Waals surface area contributed by atoms with Gasteiger partial charge in [-0.15, -0.1) is 0 Å². The van der Waals surface area contributed by atoms with Crippen LogP contribution in [0.15, 0.2) is 33.9 Å². The molecule has 0 saturated carbocycles. The molecule has 19 heavy (non-hydrogen) atoms. The minimum absolute atomic E-state index is 0.0756. The molecule has 0 atom stereocenters. The Morgan fingerprint density at radius 3 is 3.00 bits per heavy atom. The van der Waals surface area contributed by atoms with Gasteiger partial charge >= 0.3 is 0 Å². The third-order valence-electron chi connectivity index (χ3n) is 2.14. The van der Waals surface area contributed by atoms with Crippen LogP contribution in [0.5, 0.6) is 0 Å². The number of nitrogens with one attached hydrogen (secondary N) is 1. The van der Waals surface area contributed by atoms with Crippen molar-refractivity contribution < 1.29 is 17.7 Å². The second-order valence-electron chi connectivity index (χ2n) is 3.55. The first-order chi connectivity index (χ1) is 9.12. The molecule has 0 amide bonds. The lowest BCUT2D eigenvalue weighted by Crippen LogP contribution is -2.23. The minimum atomic E-state index is -3.63. The molecule has 0 spiro atoms. The van der Waals surface area contributed by atoms with Gasteiger partial charge in [-0.1, -0.05) is 5.16 Å². The Balaban J connectivity index is 2.01. The molecule has 0 bridgehead atoms. The van der Waals surface area contributed by atoms with Crippen molar-refractivity contribution >= 4 is 10.0 Å². The summed E-state index contributed by atoms with van der Waals surface area (Å²) in [4.78, 5) is 7.77. The average molecular weight is 284 g/mol. The first kappa shape index (κ1) is 13.6. The van der Waals surface area contributed by atoms with Crippen molar-refractivity contribution in [3.63, 3.8) is 0 Å². The van der Waals surface area contributed by atoms with E-state index in [0.29, 0.717) is 5.82 Å². The van der Waals surface area contributed by atoms with Crippen molar-refractivity contribution in [3.05, 3.63) is 36.2 Å². The molecule has 0 aliphatic heterocycles. The van der Waals surface area contributed by atoms with Gasteiger partial charge in [-0.2, -0.15) is 4.98 Å². The first-order valence-electron chi connectivity index (χ1n) is 5.32. The van der Waals surface area contributed by atoms with E-state index in [0.717, 1.165) is 0 Å². The number of pyridine rings is 1. The Morgan fingerprint density at radius 2 is 2.32 bits per heavy atom. The second kappa shape index (κ2) is 5.87. The summed E-state index contributed by atoms with van der Waals surface area (Å²) in [6.45, 7) is 0.118. The van der Waals surface area contributed by atoms with E-state index in [1.165, 1.54) is 31.6 Å². The van der Waals surface area contributed by atoms with E-state index in [-0.39, 0.29) is 23.9 Å². The molecule has 2 aromatic rings. The van der Waals surface area contributed by atoms with Crippen LogP contribution in [0, 0.1) is 0 Å². The maximum absolute atomic E-state index is 11.9. The second-order valence-corrected chi connectivity index (χ2v) is 5.32. The first-order valence-corrected chi connectivity index (χ1v) is 6.80. The molecule has 2 rings (SSSR count). The van der Waals surface area contributed by atoms with Gasteiger partial charge in [0.05, 0.1) is 6.54 Å². The Bertz CT molecular complexity index is 626. The van der Waals surface area contributed by atoms with Crippen LogP contribution in [0.3, 0.4) is 0 Å². The zero-order valence-electron chi connectivity index (χ0n) is 10.1. The smallest absolute Gasteiger partial charge is 0.242 e. The van der Waals surface area contributed by atoms with Crippen LogP contribution in [0.4, 0.5) is 0 Å². The molecule has 0 aromatic carbocycles. The van der Waals surface area contributed by atoms with Crippen LogP contribution in [0.2, 0.25) is 0 Å². The lowest BCUT2D eigenvalue weighted by atomic mass is 10.5. The number of aromatic nitrogens is 3. The number of hydrogen-bond acceptors (Lipinski definition) is 7. The van der Waals surface area contributed by atoms with E-state index in [2.05, 4.69) is 19.8 Å². The third kappa shape index (κ3) is 3.56. The normalized spacial score (nSPS) is 11.6. The van der Waals surface area contributed by atoms with Crippen molar-refractivity contribution in [2.45, 2.75) is 18.0 Å². The summed E-state index contributed by atoms with van der Waals surface area (Å²) < 4.78 is 35.8. The highest BCUT2D eigenvalue weighted by Crippen LogP contribution is 2.06. The van der Waals surface area contributed by atoms with Gasteiger partial charge in [0.25, 0.3) is 0 Å². The van der Waals surface area contributed by atoms with Crippen LogP contribution in [-0.4, -0.2) is 30.7 Å². The van der Waals surface area contributed by atoms with Gasteiger partial charge in [-0.3, -0.25) is 4.98 Å². The highest BCUT2D eigenvalue weighted by Gasteiger charge is 2.15. The summed E-state index contributed by atoms with van der Waals surface area (Å²) >= 11 is 0. The predicted molar refractivity (Wildman–Crippen MR) is 63.3 cm³/mol. The summed E-state index contributed by atoms with van der Waals surface area (Å²) in [5, 5.41) is 3.62. The molecule has 2 aromatic heterocycles. The molecule has 102 valence electrons. The number of sulfonamides is 1. The van der Waals surface area contributed by atoms with Gasteiger partial charge in [0.15, 0.2) is 5.82 Å². The van der Waals surface area contributed by atoms with E-state index in [1.54, 1.807) is 0 Å². The Hall–Kier alpha value is -1.84. The van der Waals surface area contributed by atoms with Gasteiger partial charge in [-0.25, -0.2) is 13.1 Å². The van der Waals surface area contributed by atoms with Gasteiger partial charge < -0.3 is 9.26 Å². The molecular weight excluding hydrogens is 272 g/mol. The molecule has 8 nitrogen and oxygen atoms in total. The molecule has 2 heterocycles. The number of ether oxygens (including phenoxy) is 1. The molecule has 0 aliphatic carbocycles. The molecule has 9 heteroatoms. The molecule has 1 N–H and O–H groups in total. The third-order valence-corrected chi connectivity index (χ3v) is 3.53. The predicted octanol–water partition coefficient (Wildman–Crippen LogP) is 0.0895. The monoisotopic (exact) mass is 284 g/mol. The summed E-state index contributed by atoms with van der Waals surface area (Å²) in [6, 6.07) is 2.98. The van der Waals surface area contributed by atoms with Crippen LogP contribution in [-0.2, 0) is 27.9 Å². The zero-order valence-corrected chi connectivity index (χ0v) is 10.9. The largest absolute Gasteiger partial charge is 0.377 e. The topological polar surface area (TPSA) is 107 Å². The van der Waals surface area contributed by atoms with E-state index in [9.17, 15) is 8.42 Å². The fraction of sp³-hybridized carbons (Fsp3) is 0.300. The van der Waals surface area contributed by atoms with Gasteiger partial charge in [0.2, 0.25) is 15.9 Å². The molecule has 0 unspecified atom stereocenters. The van der Waals surface area contributed by atoms with Crippen molar-refractivity contribution in [1.82, 2.24) is 19.8 Å². The Kier molecular flexibility index (Phi) is 4.20. The maximum atomic E-state index is 11.9. The number of methoxy groups -OCH3 is 1. The SMILES string of the molecule is COCc1noc(CNS(=O)(=O)c2cccnc2)n1. The quantitative estimate of drug-likeness (QED) is 0.800. The van der Waals surface area contributed by atoms with Crippen LogP contribution >= 0.6 is 0 Å². The van der Waals surface area contributed by atoms with Gasteiger partial charge in [0.1, 0.15) is 11.5 Å². The standard InChI is InChI=1S/C10H12N4O4S/c1-17-7-9-13-10(18-14-9)6-12-19(15,16)8-3-2-4-11-5-8/h2-5,12H,6-7H2,1H3. The van der Waals surface area contributed by atoms with Crippen LogP contribution < -0.4 is 4.72 Å². The molecule has 0 fully saturated rings. The molecule has 0 aliphatic rings. The van der Waals surface area contributed by atoms with E-state index >= 15 is 0 Å². The van der Waals surface area contributed by atoms with Gasteiger partial charge in [0, 0.05) is 19.5 Å².